The number of primary sulfonamides is 1. The zero-order valence-electron chi connectivity index (χ0n) is 10.4. The minimum atomic E-state index is -3.68. The molecule has 2 rings (SSSR count). The maximum absolute atomic E-state index is 11.5. The van der Waals surface area contributed by atoms with Crippen molar-refractivity contribution in [1.29, 1.82) is 0 Å². The molecular weight excluding hydrogens is 250 g/mol. The monoisotopic (exact) mass is 269 g/mol. The van der Waals surface area contributed by atoms with Gasteiger partial charge in [0.1, 0.15) is 4.90 Å². The van der Waals surface area contributed by atoms with Crippen LogP contribution in [0.25, 0.3) is 0 Å². The first-order valence-corrected chi connectivity index (χ1v) is 7.51. The number of para-hydroxylation sites is 1. The van der Waals surface area contributed by atoms with Crippen LogP contribution >= 0.6 is 0 Å². The predicted molar refractivity (Wildman–Crippen MR) is 71.8 cm³/mol. The van der Waals surface area contributed by atoms with Gasteiger partial charge in [-0.25, -0.2) is 13.6 Å². The predicted octanol–water partition coefficient (Wildman–Crippen LogP) is 0.507. The van der Waals surface area contributed by atoms with Crippen LogP contribution in [0.4, 0.5) is 5.69 Å². The quantitative estimate of drug-likeness (QED) is 0.833. The smallest absolute Gasteiger partial charge is 0.240 e. The molecule has 1 aromatic rings. The molecule has 0 saturated heterocycles. The lowest BCUT2D eigenvalue weighted by atomic mass is 9.80. The van der Waals surface area contributed by atoms with Crippen molar-refractivity contribution in [1.82, 2.24) is 0 Å². The van der Waals surface area contributed by atoms with Gasteiger partial charge in [-0.3, -0.25) is 0 Å². The number of rotatable bonds is 4. The van der Waals surface area contributed by atoms with Gasteiger partial charge in [0, 0.05) is 19.6 Å². The van der Waals surface area contributed by atoms with Crippen molar-refractivity contribution in [2.24, 2.45) is 16.8 Å². The summed E-state index contributed by atoms with van der Waals surface area (Å²) in [5.41, 5.74) is 6.40. The number of nitrogens with zero attached hydrogens (tertiary/aromatic N) is 1. The molecule has 1 aliphatic carbocycles. The van der Waals surface area contributed by atoms with Crippen LogP contribution in [0.2, 0.25) is 0 Å². The Bertz CT molecular complexity index is 524. The van der Waals surface area contributed by atoms with Crippen LogP contribution in [0.5, 0.6) is 0 Å². The van der Waals surface area contributed by atoms with Gasteiger partial charge in [-0.15, -0.1) is 0 Å². The van der Waals surface area contributed by atoms with Gasteiger partial charge in [0.05, 0.1) is 5.69 Å². The van der Waals surface area contributed by atoms with Crippen LogP contribution in [0.15, 0.2) is 29.2 Å². The van der Waals surface area contributed by atoms with Gasteiger partial charge in [-0.05, 0) is 30.9 Å². The number of anilines is 1. The van der Waals surface area contributed by atoms with E-state index in [1.807, 2.05) is 18.0 Å². The van der Waals surface area contributed by atoms with E-state index >= 15 is 0 Å². The molecule has 0 bridgehead atoms. The summed E-state index contributed by atoms with van der Waals surface area (Å²) in [5.74, 6) is 0.540. The molecule has 1 aromatic carbocycles. The first-order chi connectivity index (χ1) is 8.38. The van der Waals surface area contributed by atoms with Crippen molar-refractivity contribution in [3.63, 3.8) is 0 Å². The average molecular weight is 269 g/mol. The molecule has 0 aliphatic heterocycles. The zero-order valence-corrected chi connectivity index (χ0v) is 11.2. The number of benzene rings is 1. The van der Waals surface area contributed by atoms with E-state index in [4.69, 9.17) is 10.9 Å². The van der Waals surface area contributed by atoms with Gasteiger partial charge in [-0.1, -0.05) is 12.1 Å². The minimum Gasteiger partial charge on any atom is -0.373 e. The highest BCUT2D eigenvalue weighted by atomic mass is 32.2. The Morgan fingerprint density at radius 2 is 1.94 bits per heavy atom. The molecule has 18 heavy (non-hydrogen) atoms. The van der Waals surface area contributed by atoms with Crippen LogP contribution in [-0.2, 0) is 10.0 Å². The highest BCUT2D eigenvalue weighted by Gasteiger charge is 2.27. The summed E-state index contributed by atoms with van der Waals surface area (Å²) in [4.78, 5) is 2.12. The summed E-state index contributed by atoms with van der Waals surface area (Å²) in [5, 5.41) is 5.22. The number of hydrogen-bond acceptors (Lipinski definition) is 4. The van der Waals surface area contributed by atoms with E-state index < -0.39 is 10.0 Å². The second kappa shape index (κ2) is 4.87. The molecule has 4 N–H and O–H groups in total. The fraction of sp³-hybridized carbons (Fsp3) is 0.500. The van der Waals surface area contributed by atoms with Gasteiger partial charge < -0.3 is 10.6 Å². The molecule has 0 amide bonds. The maximum atomic E-state index is 11.5. The van der Waals surface area contributed by atoms with E-state index in [2.05, 4.69) is 0 Å². The van der Waals surface area contributed by atoms with E-state index in [-0.39, 0.29) is 4.90 Å². The van der Waals surface area contributed by atoms with E-state index in [1.54, 1.807) is 12.1 Å². The van der Waals surface area contributed by atoms with Gasteiger partial charge in [-0.2, -0.15) is 0 Å². The molecule has 1 saturated carbocycles. The molecule has 6 heteroatoms. The van der Waals surface area contributed by atoms with E-state index in [0.29, 0.717) is 17.6 Å². The Kier molecular flexibility index (Phi) is 3.61. The highest BCUT2D eigenvalue weighted by molar-refractivity contribution is 7.89. The Labute approximate surface area is 108 Å². The Morgan fingerprint density at radius 3 is 2.50 bits per heavy atom. The molecular formula is C12H19N3O2S. The maximum Gasteiger partial charge on any atom is 0.240 e. The Morgan fingerprint density at radius 1 is 1.33 bits per heavy atom. The summed E-state index contributed by atoms with van der Waals surface area (Å²) in [6.45, 7) is 0.806. The lowest BCUT2D eigenvalue weighted by Crippen LogP contribution is -2.42. The van der Waals surface area contributed by atoms with E-state index in [0.717, 1.165) is 19.4 Å². The summed E-state index contributed by atoms with van der Waals surface area (Å²) in [6.07, 6.45) is 2.00. The first-order valence-electron chi connectivity index (χ1n) is 5.96. The van der Waals surface area contributed by atoms with Crippen molar-refractivity contribution in [3.05, 3.63) is 24.3 Å². The molecule has 0 spiro atoms. The molecule has 0 heterocycles. The van der Waals surface area contributed by atoms with Crippen LogP contribution in [0.1, 0.15) is 12.8 Å². The van der Waals surface area contributed by atoms with Gasteiger partial charge in [0.15, 0.2) is 0 Å². The lowest BCUT2D eigenvalue weighted by molar-refractivity contribution is 0.271. The number of hydrogen-bond donors (Lipinski definition) is 2. The third-order valence-corrected chi connectivity index (χ3v) is 4.35. The average Bonchev–Trinajstić information content (AvgIpc) is 2.26. The SMILES string of the molecule is CN(CC1CC(N)C1)c1ccccc1S(N)(=O)=O. The largest absolute Gasteiger partial charge is 0.373 e. The Hall–Kier alpha value is -1.11. The first kappa shape index (κ1) is 13.3. The van der Waals surface area contributed by atoms with Crippen LogP contribution in [0, 0.1) is 5.92 Å². The third kappa shape index (κ3) is 2.82. The van der Waals surface area contributed by atoms with E-state index in [1.165, 1.54) is 6.07 Å². The molecule has 1 aliphatic rings. The second-order valence-corrected chi connectivity index (χ2v) is 6.52. The van der Waals surface area contributed by atoms with Crippen molar-refractivity contribution < 1.29 is 8.42 Å². The summed E-state index contributed by atoms with van der Waals surface area (Å²) >= 11 is 0. The number of nitrogens with two attached hydrogens (primary N) is 2. The molecule has 0 aromatic heterocycles. The van der Waals surface area contributed by atoms with Crippen LogP contribution < -0.4 is 15.8 Å². The summed E-state index contributed by atoms with van der Waals surface area (Å²) in [7, 11) is -1.80. The summed E-state index contributed by atoms with van der Waals surface area (Å²) in [6, 6.07) is 7.10. The zero-order chi connectivity index (χ0) is 13.3. The minimum absolute atomic E-state index is 0.177. The van der Waals surface area contributed by atoms with Crippen molar-refractivity contribution in [2.45, 2.75) is 23.8 Å². The van der Waals surface area contributed by atoms with Crippen LogP contribution in [0.3, 0.4) is 0 Å². The van der Waals surface area contributed by atoms with Gasteiger partial charge in [0.2, 0.25) is 10.0 Å². The molecule has 1 fully saturated rings. The topological polar surface area (TPSA) is 89.4 Å². The lowest BCUT2D eigenvalue weighted by Gasteiger charge is -2.36. The Balaban J connectivity index is 2.17. The van der Waals surface area contributed by atoms with Crippen molar-refractivity contribution >= 4 is 15.7 Å². The van der Waals surface area contributed by atoms with Crippen molar-refractivity contribution in [3.8, 4) is 0 Å². The van der Waals surface area contributed by atoms with Gasteiger partial charge >= 0.3 is 0 Å². The fourth-order valence-electron chi connectivity index (χ4n) is 2.44. The third-order valence-electron chi connectivity index (χ3n) is 3.39. The molecule has 0 unspecified atom stereocenters. The van der Waals surface area contributed by atoms with Gasteiger partial charge in [0.25, 0.3) is 0 Å². The second-order valence-electron chi connectivity index (χ2n) is 4.99. The summed E-state index contributed by atoms with van der Waals surface area (Å²) < 4.78 is 23.0. The molecule has 0 atom stereocenters. The highest BCUT2D eigenvalue weighted by Crippen LogP contribution is 2.29. The molecule has 100 valence electrons. The fourth-order valence-corrected chi connectivity index (χ4v) is 3.22. The molecule has 0 radical (unpaired) electrons. The standard InChI is InChI=1S/C12H19N3O2S/c1-15(8-9-6-10(13)7-9)11-4-2-3-5-12(11)18(14,16)17/h2-5,9-10H,6-8,13H2,1H3,(H2,14,16,17). The molecule has 5 nitrogen and oxygen atoms in total. The number of sulfonamides is 1. The van der Waals surface area contributed by atoms with E-state index in [9.17, 15) is 8.42 Å². The normalized spacial score (nSPS) is 23.5. The van der Waals surface area contributed by atoms with Crippen LogP contribution in [-0.4, -0.2) is 28.1 Å². The van der Waals surface area contributed by atoms with Crippen molar-refractivity contribution in [2.75, 3.05) is 18.5 Å².